The molecule has 90 valence electrons. The maximum absolute atomic E-state index is 5.96. The van der Waals surface area contributed by atoms with E-state index in [1.54, 1.807) is 0 Å². The molecule has 0 aliphatic rings. The number of nitrogens with one attached hydrogen (secondary N) is 1. The zero-order valence-electron chi connectivity index (χ0n) is 10.0. The lowest BCUT2D eigenvalue weighted by atomic mass is 10.0. The Hall–Kier alpha value is -1.48. The second kappa shape index (κ2) is 4.80. The Kier molecular flexibility index (Phi) is 3.38. The third kappa shape index (κ3) is 2.80. The third-order valence-corrected chi connectivity index (χ3v) is 3.21. The summed E-state index contributed by atoms with van der Waals surface area (Å²) in [5, 5.41) is 0.479. The van der Waals surface area contributed by atoms with Crippen molar-refractivity contribution in [1.29, 1.82) is 0 Å². The molecule has 17 heavy (non-hydrogen) atoms. The molecular weight excluding hydrogens is 234 g/mol. The Labute approximate surface area is 106 Å². The first-order valence-corrected chi connectivity index (χ1v) is 6.00. The Balaban J connectivity index is 2.12. The second-order valence-electron chi connectivity index (χ2n) is 4.32. The van der Waals surface area contributed by atoms with Crippen molar-refractivity contribution in [1.82, 2.24) is 9.97 Å². The quantitative estimate of drug-likeness (QED) is 0.879. The van der Waals surface area contributed by atoms with Gasteiger partial charge in [0.25, 0.3) is 0 Å². The Morgan fingerprint density at radius 3 is 2.71 bits per heavy atom. The molecule has 1 heterocycles. The summed E-state index contributed by atoms with van der Waals surface area (Å²) in [5.41, 5.74) is 10.4. The minimum Gasteiger partial charge on any atom is -0.369 e. The zero-order valence-corrected chi connectivity index (χ0v) is 10.8. The van der Waals surface area contributed by atoms with E-state index in [-0.39, 0.29) is 0 Å². The summed E-state index contributed by atoms with van der Waals surface area (Å²) in [4.78, 5) is 6.93. The van der Waals surface area contributed by atoms with Crippen LogP contribution in [0.15, 0.2) is 18.2 Å². The van der Waals surface area contributed by atoms with Gasteiger partial charge in [-0.2, -0.15) is 0 Å². The lowest BCUT2D eigenvalue weighted by Crippen LogP contribution is -1.96. The van der Waals surface area contributed by atoms with Crippen molar-refractivity contribution in [3.63, 3.8) is 0 Å². The molecule has 0 spiro atoms. The number of nitrogens with two attached hydrogens (primary N) is 1. The number of aromatic nitrogens is 2. The normalized spacial score (nSPS) is 10.8. The Morgan fingerprint density at radius 1 is 1.29 bits per heavy atom. The number of H-pyrrole nitrogens is 1. The van der Waals surface area contributed by atoms with Gasteiger partial charge in [-0.15, -0.1) is 0 Å². The molecule has 0 fully saturated rings. The predicted octanol–water partition coefficient (Wildman–Crippen LogP) is 3.05. The maximum atomic E-state index is 5.96. The highest BCUT2D eigenvalue weighted by atomic mass is 35.5. The van der Waals surface area contributed by atoms with E-state index in [1.807, 2.05) is 0 Å². The number of imidazole rings is 1. The van der Waals surface area contributed by atoms with Crippen LogP contribution < -0.4 is 5.73 Å². The van der Waals surface area contributed by atoms with Crippen LogP contribution in [-0.4, -0.2) is 9.97 Å². The second-order valence-corrected chi connectivity index (χ2v) is 4.68. The van der Waals surface area contributed by atoms with Crippen LogP contribution in [-0.2, 0) is 12.8 Å². The lowest BCUT2D eigenvalue weighted by Gasteiger charge is -2.06. The van der Waals surface area contributed by atoms with E-state index in [4.69, 9.17) is 17.3 Å². The molecule has 0 saturated heterocycles. The van der Waals surface area contributed by atoms with Crippen LogP contribution in [0.5, 0.6) is 0 Å². The van der Waals surface area contributed by atoms with Crippen molar-refractivity contribution in [2.45, 2.75) is 26.7 Å². The van der Waals surface area contributed by atoms with Gasteiger partial charge in [-0.1, -0.05) is 35.4 Å². The fourth-order valence-electron chi connectivity index (χ4n) is 1.90. The fourth-order valence-corrected chi connectivity index (χ4v) is 2.14. The van der Waals surface area contributed by atoms with Crippen molar-refractivity contribution in [2.24, 2.45) is 0 Å². The number of halogens is 1. The molecule has 0 radical (unpaired) electrons. The minimum absolute atomic E-state index is 0.381. The SMILES string of the molecule is Cc1ccc(C)c(CCc2[nH]c(N)nc2Cl)c1. The molecule has 0 bridgehead atoms. The molecule has 0 aliphatic heterocycles. The number of nitrogen functional groups attached to an aromatic ring is 1. The number of nitrogens with zero attached hydrogens (tertiary/aromatic N) is 1. The summed E-state index contributed by atoms with van der Waals surface area (Å²) >= 11 is 5.96. The largest absolute Gasteiger partial charge is 0.369 e. The van der Waals surface area contributed by atoms with Crippen LogP contribution in [0.4, 0.5) is 5.95 Å². The van der Waals surface area contributed by atoms with Gasteiger partial charge in [-0.25, -0.2) is 4.98 Å². The molecule has 0 unspecified atom stereocenters. The third-order valence-electron chi connectivity index (χ3n) is 2.90. The molecule has 0 amide bonds. The van der Waals surface area contributed by atoms with E-state index in [9.17, 15) is 0 Å². The average Bonchev–Trinajstić information content (AvgIpc) is 2.59. The van der Waals surface area contributed by atoms with Crippen LogP contribution in [0.1, 0.15) is 22.4 Å². The number of rotatable bonds is 3. The number of benzene rings is 1. The number of anilines is 1. The Bertz CT molecular complexity index is 531. The highest BCUT2D eigenvalue weighted by molar-refractivity contribution is 6.30. The summed E-state index contributed by atoms with van der Waals surface area (Å²) in [6.45, 7) is 4.22. The van der Waals surface area contributed by atoms with Crippen molar-refractivity contribution in [2.75, 3.05) is 5.73 Å². The first-order valence-electron chi connectivity index (χ1n) is 5.62. The molecule has 2 rings (SSSR count). The van der Waals surface area contributed by atoms with Crippen LogP contribution in [0.3, 0.4) is 0 Å². The lowest BCUT2D eigenvalue weighted by molar-refractivity contribution is 0.916. The predicted molar refractivity (Wildman–Crippen MR) is 71.3 cm³/mol. The van der Waals surface area contributed by atoms with Crippen molar-refractivity contribution in [3.05, 3.63) is 45.7 Å². The molecule has 0 aliphatic carbocycles. The molecule has 3 N–H and O–H groups in total. The van der Waals surface area contributed by atoms with Gasteiger partial charge in [-0.3, -0.25) is 0 Å². The maximum Gasteiger partial charge on any atom is 0.199 e. The molecule has 4 heteroatoms. The smallest absolute Gasteiger partial charge is 0.199 e. The van der Waals surface area contributed by atoms with Crippen molar-refractivity contribution in [3.8, 4) is 0 Å². The Morgan fingerprint density at radius 2 is 2.06 bits per heavy atom. The summed E-state index contributed by atoms with van der Waals surface area (Å²) in [6.07, 6.45) is 1.77. The molecule has 0 atom stereocenters. The fraction of sp³-hybridized carbons (Fsp3) is 0.308. The van der Waals surface area contributed by atoms with Crippen LogP contribution in [0, 0.1) is 13.8 Å². The minimum atomic E-state index is 0.381. The van der Waals surface area contributed by atoms with E-state index in [1.165, 1.54) is 16.7 Å². The van der Waals surface area contributed by atoms with E-state index in [2.05, 4.69) is 42.0 Å². The standard InChI is InChI=1S/C13H16ClN3/c1-8-3-4-9(2)10(7-8)5-6-11-12(14)17-13(15)16-11/h3-4,7H,5-6H2,1-2H3,(H3,15,16,17). The molecule has 2 aromatic rings. The van der Waals surface area contributed by atoms with Gasteiger partial charge in [0.15, 0.2) is 11.1 Å². The van der Waals surface area contributed by atoms with E-state index >= 15 is 0 Å². The van der Waals surface area contributed by atoms with Crippen LogP contribution in [0.25, 0.3) is 0 Å². The number of aromatic amines is 1. The van der Waals surface area contributed by atoms with E-state index in [0.29, 0.717) is 11.1 Å². The highest BCUT2D eigenvalue weighted by Gasteiger charge is 2.07. The molecule has 0 saturated carbocycles. The van der Waals surface area contributed by atoms with Crippen LogP contribution >= 0.6 is 11.6 Å². The van der Waals surface area contributed by atoms with Crippen molar-refractivity contribution < 1.29 is 0 Å². The van der Waals surface area contributed by atoms with Gasteiger partial charge in [-0.05, 0) is 37.8 Å². The molecule has 3 nitrogen and oxygen atoms in total. The van der Waals surface area contributed by atoms with E-state index < -0.39 is 0 Å². The summed E-state index contributed by atoms with van der Waals surface area (Å²) in [5.74, 6) is 0.381. The summed E-state index contributed by atoms with van der Waals surface area (Å²) in [6, 6.07) is 6.48. The summed E-state index contributed by atoms with van der Waals surface area (Å²) in [7, 11) is 0. The van der Waals surface area contributed by atoms with Gasteiger partial charge in [0.1, 0.15) is 0 Å². The van der Waals surface area contributed by atoms with Crippen molar-refractivity contribution >= 4 is 17.5 Å². The average molecular weight is 250 g/mol. The number of aryl methyl sites for hydroxylation is 4. The highest BCUT2D eigenvalue weighted by Crippen LogP contribution is 2.18. The first kappa shape index (κ1) is 12.0. The molecular formula is C13H16ClN3. The van der Waals surface area contributed by atoms with Gasteiger partial charge >= 0.3 is 0 Å². The van der Waals surface area contributed by atoms with Gasteiger partial charge in [0, 0.05) is 0 Å². The zero-order chi connectivity index (χ0) is 12.4. The van der Waals surface area contributed by atoms with E-state index in [0.717, 1.165) is 18.5 Å². The topological polar surface area (TPSA) is 54.7 Å². The molecule has 1 aromatic heterocycles. The van der Waals surface area contributed by atoms with Gasteiger partial charge in [0.2, 0.25) is 0 Å². The first-order chi connectivity index (χ1) is 8.06. The van der Waals surface area contributed by atoms with Crippen LogP contribution in [0.2, 0.25) is 5.15 Å². The van der Waals surface area contributed by atoms with Gasteiger partial charge < -0.3 is 10.7 Å². The summed E-state index contributed by atoms with van der Waals surface area (Å²) < 4.78 is 0. The number of hydrogen-bond donors (Lipinski definition) is 2. The molecule has 1 aromatic carbocycles. The number of hydrogen-bond acceptors (Lipinski definition) is 2. The van der Waals surface area contributed by atoms with Gasteiger partial charge in [0.05, 0.1) is 5.69 Å². The monoisotopic (exact) mass is 249 g/mol.